The second-order valence-electron chi connectivity index (χ2n) is 4.75. The van der Waals surface area contributed by atoms with Crippen LogP contribution in [0.4, 0.5) is 13.2 Å². The maximum absolute atomic E-state index is 12.6. The molecule has 1 rings (SSSR count). The molecule has 0 bridgehead atoms. The molecule has 0 amide bonds. The summed E-state index contributed by atoms with van der Waals surface area (Å²) in [7, 11) is 1.21. The number of nitrogens with zero attached hydrogens (tertiary/aromatic N) is 1. The van der Waals surface area contributed by atoms with Crippen LogP contribution in [-0.4, -0.2) is 36.7 Å². The van der Waals surface area contributed by atoms with E-state index in [1.165, 1.54) is 24.1 Å². The van der Waals surface area contributed by atoms with E-state index in [-0.39, 0.29) is 11.8 Å². The van der Waals surface area contributed by atoms with Crippen molar-refractivity contribution in [2.45, 2.75) is 39.0 Å². The van der Waals surface area contributed by atoms with Crippen LogP contribution >= 0.6 is 0 Å². The third-order valence-corrected chi connectivity index (χ3v) is 2.95. The van der Waals surface area contributed by atoms with Gasteiger partial charge in [0.05, 0.1) is 19.7 Å². The predicted octanol–water partition coefficient (Wildman–Crippen LogP) is 3.40. The summed E-state index contributed by atoms with van der Waals surface area (Å²) >= 11 is 0. The van der Waals surface area contributed by atoms with E-state index in [0.717, 1.165) is 0 Å². The summed E-state index contributed by atoms with van der Waals surface area (Å²) < 4.78 is 47.5. The summed E-state index contributed by atoms with van der Waals surface area (Å²) in [6.07, 6.45) is -4.30. The Bertz CT molecular complexity index is 454. The van der Waals surface area contributed by atoms with Gasteiger partial charge in [-0.25, -0.2) is 4.79 Å². The SMILES string of the molecule is COC(=O)c1ccc(C(C)N(CC(F)(F)F)C(C)C)o1. The van der Waals surface area contributed by atoms with Crippen LogP contribution in [0.15, 0.2) is 16.5 Å². The number of methoxy groups -OCH3 is 1. The molecule has 0 saturated heterocycles. The highest BCUT2D eigenvalue weighted by atomic mass is 19.4. The average molecular weight is 293 g/mol. The molecule has 0 aromatic carbocycles. The molecule has 7 heteroatoms. The second kappa shape index (κ2) is 6.30. The van der Waals surface area contributed by atoms with E-state index in [0.29, 0.717) is 5.76 Å². The zero-order valence-electron chi connectivity index (χ0n) is 11.8. The quantitative estimate of drug-likeness (QED) is 0.780. The van der Waals surface area contributed by atoms with Crippen molar-refractivity contribution in [3.63, 3.8) is 0 Å². The van der Waals surface area contributed by atoms with Crippen molar-refractivity contribution < 1.29 is 27.1 Å². The molecule has 0 radical (unpaired) electrons. The van der Waals surface area contributed by atoms with Gasteiger partial charge in [-0.2, -0.15) is 13.2 Å². The first-order chi connectivity index (χ1) is 9.15. The molecular formula is C13H18F3NO3. The minimum absolute atomic E-state index is 0.0231. The van der Waals surface area contributed by atoms with Gasteiger partial charge < -0.3 is 9.15 Å². The third kappa shape index (κ3) is 4.26. The van der Waals surface area contributed by atoms with Crippen molar-refractivity contribution in [2.24, 2.45) is 0 Å². The summed E-state index contributed by atoms with van der Waals surface area (Å²) in [4.78, 5) is 12.5. The second-order valence-corrected chi connectivity index (χ2v) is 4.75. The van der Waals surface area contributed by atoms with Crippen molar-refractivity contribution in [2.75, 3.05) is 13.7 Å². The zero-order chi connectivity index (χ0) is 15.5. The number of hydrogen-bond acceptors (Lipinski definition) is 4. The van der Waals surface area contributed by atoms with Crippen molar-refractivity contribution in [1.29, 1.82) is 0 Å². The number of ether oxygens (including phenoxy) is 1. The van der Waals surface area contributed by atoms with E-state index >= 15 is 0 Å². The molecule has 0 spiro atoms. The number of furan rings is 1. The van der Waals surface area contributed by atoms with Gasteiger partial charge in [0.25, 0.3) is 0 Å². The molecule has 1 atom stereocenters. The molecule has 20 heavy (non-hydrogen) atoms. The maximum atomic E-state index is 12.6. The van der Waals surface area contributed by atoms with Gasteiger partial charge in [0, 0.05) is 6.04 Å². The van der Waals surface area contributed by atoms with Crippen molar-refractivity contribution in [1.82, 2.24) is 4.90 Å². The fraction of sp³-hybridized carbons (Fsp3) is 0.615. The minimum atomic E-state index is -4.30. The lowest BCUT2D eigenvalue weighted by atomic mass is 10.1. The van der Waals surface area contributed by atoms with Gasteiger partial charge in [0.1, 0.15) is 5.76 Å². The molecule has 0 N–H and O–H groups in total. The molecule has 1 aromatic heterocycles. The lowest BCUT2D eigenvalue weighted by Gasteiger charge is -2.32. The highest BCUT2D eigenvalue weighted by Crippen LogP contribution is 2.28. The first-order valence-corrected chi connectivity index (χ1v) is 6.16. The van der Waals surface area contributed by atoms with Crippen LogP contribution < -0.4 is 0 Å². The monoisotopic (exact) mass is 293 g/mol. The van der Waals surface area contributed by atoms with E-state index in [2.05, 4.69) is 4.74 Å². The highest BCUT2D eigenvalue weighted by Gasteiger charge is 2.35. The topological polar surface area (TPSA) is 42.7 Å². The standard InChI is InChI=1S/C13H18F3NO3/c1-8(2)17(7-13(14,15)16)9(3)10-5-6-11(20-10)12(18)19-4/h5-6,8-9H,7H2,1-4H3. The number of hydrogen-bond donors (Lipinski definition) is 0. The zero-order valence-corrected chi connectivity index (χ0v) is 11.8. The van der Waals surface area contributed by atoms with Crippen LogP contribution in [0.2, 0.25) is 0 Å². The van der Waals surface area contributed by atoms with Crippen LogP contribution in [0.1, 0.15) is 43.1 Å². The lowest BCUT2D eigenvalue weighted by molar-refractivity contribution is -0.155. The van der Waals surface area contributed by atoms with Crippen LogP contribution in [0.25, 0.3) is 0 Å². The fourth-order valence-electron chi connectivity index (χ4n) is 1.92. The minimum Gasteiger partial charge on any atom is -0.463 e. The Balaban J connectivity index is 2.92. The summed E-state index contributed by atoms with van der Waals surface area (Å²) in [6.45, 7) is 3.91. The molecule has 0 saturated carbocycles. The number of carbonyl (C=O) groups excluding carboxylic acids is 1. The van der Waals surface area contributed by atoms with Crippen molar-refractivity contribution in [3.05, 3.63) is 23.7 Å². The van der Waals surface area contributed by atoms with E-state index in [1.54, 1.807) is 20.8 Å². The molecule has 0 aliphatic rings. The smallest absolute Gasteiger partial charge is 0.401 e. The molecule has 1 heterocycles. The molecule has 0 aliphatic carbocycles. The molecular weight excluding hydrogens is 275 g/mol. The number of carbonyl (C=O) groups is 1. The third-order valence-electron chi connectivity index (χ3n) is 2.95. The largest absolute Gasteiger partial charge is 0.463 e. The van der Waals surface area contributed by atoms with Crippen molar-refractivity contribution >= 4 is 5.97 Å². The van der Waals surface area contributed by atoms with Crippen molar-refractivity contribution in [3.8, 4) is 0 Å². The molecule has 114 valence electrons. The average Bonchev–Trinajstić information content (AvgIpc) is 2.82. The van der Waals surface area contributed by atoms with Crippen LogP contribution in [-0.2, 0) is 4.74 Å². The van der Waals surface area contributed by atoms with Gasteiger partial charge in [-0.1, -0.05) is 0 Å². The van der Waals surface area contributed by atoms with E-state index in [4.69, 9.17) is 4.42 Å². The van der Waals surface area contributed by atoms with E-state index < -0.39 is 24.7 Å². The normalized spacial score (nSPS) is 13.8. The van der Waals surface area contributed by atoms with Gasteiger partial charge in [-0.15, -0.1) is 0 Å². The number of alkyl halides is 3. The van der Waals surface area contributed by atoms with Gasteiger partial charge in [0.2, 0.25) is 5.76 Å². The number of esters is 1. The van der Waals surface area contributed by atoms with Gasteiger partial charge in [0.15, 0.2) is 0 Å². The molecule has 0 fully saturated rings. The highest BCUT2D eigenvalue weighted by molar-refractivity contribution is 5.86. The molecule has 1 unspecified atom stereocenters. The van der Waals surface area contributed by atoms with E-state index in [1.807, 2.05) is 0 Å². The van der Waals surface area contributed by atoms with Gasteiger partial charge in [-0.3, -0.25) is 4.90 Å². The molecule has 0 aliphatic heterocycles. The van der Waals surface area contributed by atoms with E-state index in [9.17, 15) is 18.0 Å². The Hall–Kier alpha value is -1.50. The molecule has 1 aromatic rings. The van der Waals surface area contributed by atoms with Crippen LogP contribution in [0.5, 0.6) is 0 Å². The fourth-order valence-corrected chi connectivity index (χ4v) is 1.92. The summed E-state index contributed by atoms with van der Waals surface area (Å²) in [5, 5.41) is 0. The lowest BCUT2D eigenvalue weighted by Crippen LogP contribution is -2.40. The summed E-state index contributed by atoms with van der Waals surface area (Å²) in [5.41, 5.74) is 0. The number of rotatable bonds is 5. The Labute approximate surface area is 115 Å². The van der Waals surface area contributed by atoms with Gasteiger partial charge in [-0.05, 0) is 32.9 Å². The van der Waals surface area contributed by atoms with Crippen LogP contribution in [0.3, 0.4) is 0 Å². The Morgan fingerprint density at radius 2 is 1.95 bits per heavy atom. The summed E-state index contributed by atoms with van der Waals surface area (Å²) in [5.74, 6) is -0.385. The number of halogens is 3. The Morgan fingerprint density at radius 3 is 2.40 bits per heavy atom. The summed E-state index contributed by atoms with van der Waals surface area (Å²) in [6, 6.07) is 1.96. The maximum Gasteiger partial charge on any atom is 0.401 e. The van der Waals surface area contributed by atoms with Crippen LogP contribution in [0, 0.1) is 0 Å². The predicted molar refractivity (Wildman–Crippen MR) is 66.4 cm³/mol. The first-order valence-electron chi connectivity index (χ1n) is 6.16. The Kier molecular flexibility index (Phi) is 5.21. The first kappa shape index (κ1) is 16.6. The Morgan fingerprint density at radius 1 is 1.35 bits per heavy atom. The molecule has 4 nitrogen and oxygen atoms in total. The van der Waals surface area contributed by atoms with Gasteiger partial charge >= 0.3 is 12.1 Å².